The monoisotopic (exact) mass is 526 g/mol. The van der Waals surface area contributed by atoms with Crippen LogP contribution in [0.2, 0.25) is 0 Å². The van der Waals surface area contributed by atoms with E-state index in [1.807, 2.05) is 0 Å². The highest BCUT2D eigenvalue weighted by Crippen LogP contribution is 2.44. The van der Waals surface area contributed by atoms with E-state index in [9.17, 15) is 31.2 Å². The van der Waals surface area contributed by atoms with E-state index in [4.69, 9.17) is 4.74 Å². The second-order valence-electron chi connectivity index (χ2n) is 8.88. The highest BCUT2D eigenvalue weighted by Gasteiger charge is 2.50. The van der Waals surface area contributed by atoms with Crippen molar-refractivity contribution in [3.05, 3.63) is 53.6 Å². The van der Waals surface area contributed by atoms with Crippen LogP contribution in [-0.4, -0.2) is 57.7 Å². The normalized spacial score (nSPS) is 18.5. The molecule has 0 unspecified atom stereocenters. The van der Waals surface area contributed by atoms with Crippen molar-refractivity contribution in [3.8, 4) is 5.75 Å². The molecule has 2 aromatic carbocycles. The van der Waals surface area contributed by atoms with Crippen LogP contribution in [-0.2, 0) is 19.6 Å². The van der Waals surface area contributed by atoms with Gasteiger partial charge in [-0.1, -0.05) is 12.1 Å². The summed E-state index contributed by atoms with van der Waals surface area (Å²) in [6.45, 7) is 2.16. The maximum Gasteiger partial charge on any atom is 0.573 e. The van der Waals surface area contributed by atoms with Crippen molar-refractivity contribution in [2.24, 2.45) is 5.41 Å². The fraction of sp³-hybridized carbons (Fsp3) is 0.417. The molecule has 8 nitrogen and oxygen atoms in total. The zero-order valence-corrected chi connectivity index (χ0v) is 20.5. The lowest BCUT2D eigenvalue weighted by atomic mass is 9.77. The molecule has 2 aromatic rings. The van der Waals surface area contributed by atoms with Gasteiger partial charge in [0.25, 0.3) is 0 Å². The van der Waals surface area contributed by atoms with Gasteiger partial charge in [-0.25, -0.2) is 13.2 Å². The zero-order valence-electron chi connectivity index (χ0n) is 19.7. The summed E-state index contributed by atoms with van der Waals surface area (Å²) >= 11 is 0. The maximum atomic E-state index is 13.5. The summed E-state index contributed by atoms with van der Waals surface area (Å²) in [4.78, 5) is 27.0. The van der Waals surface area contributed by atoms with Crippen molar-refractivity contribution in [2.45, 2.75) is 37.4 Å². The van der Waals surface area contributed by atoms with Crippen molar-refractivity contribution in [3.63, 3.8) is 0 Å². The van der Waals surface area contributed by atoms with E-state index < -0.39 is 27.8 Å². The number of anilines is 1. The predicted molar refractivity (Wildman–Crippen MR) is 123 cm³/mol. The third-order valence-corrected chi connectivity index (χ3v) is 8.89. The summed E-state index contributed by atoms with van der Waals surface area (Å²) in [6, 6.07) is 9.68. The van der Waals surface area contributed by atoms with Crippen LogP contribution in [0, 0.1) is 12.3 Å². The number of amides is 1. The summed E-state index contributed by atoms with van der Waals surface area (Å²) in [5, 5.41) is 0. The number of benzene rings is 2. The SMILES string of the molecule is COC(=O)c1cccc(C)c1S(=O)(=O)N1CCC2(CCN(c3ccc(OC(F)(F)F)cc3)C2=O)CC1. The number of carbonyl (C=O) groups excluding carboxylic acids is 2. The van der Waals surface area contributed by atoms with Crippen LogP contribution in [0.4, 0.5) is 18.9 Å². The highest BCUT2D eigenvalue weighted by molar-refractivity contribution is 7.89. The second-order valence-corrected chi connectivity index (χ2v) is 10.8. The summed E-state index contributed by atoms with van der Waals surface area (Å²) in [5.41, 5.74) is 0.0616. The molecule has 2 heterocycles. The van der Waals surface area contributed by atoms with Crippen LogP contribution in [0.15, 0.2) is 47.4 Å². The second kappa shape index (κ2) is 9.40. The number of sulfonamides is 1. The van der Waals surface area contributed by atoms with E-state index in [1.54, 1.807) is 19.1 Å². The van der Waals surface area contributed by atoms with Gasteiger partial charge in [0, 0.05) is 25.3 Å². The Morgan fingerprint density at radius 1 is 1.00 bits per heavy atom. The van der Waals surface area contributed by atoms with Gasteiger partial charge in [0.2, 0.25) is 15.9 Å². The minimum absolute atomic E-state index is 0.0427. The van der Waals surface area contributed by atoms with Crippen LogP contribution in [0.25, 0.3) is 0 Å². The molecule has 0 saturated carbocycles. The fourth-order valence-corrected chi connectivity index (χ4v) is 6.73. The number of halogens is 3. The molecule has 36 heavy (non-hydrogen) atoms. The molecule has 2 fully saturated rings. The lowest BCUT2D eigenvalue weighted by molar-refractivity contribution is -0.274. The number of hydrogen-bond donors (Lipinski definition) is 0. The van der Waals surface area contributed by atoms with Crippen molar-refractivity contribution < 1.29 is 40.7 Å². The third kappa shape index (κ3) is 4.79. The molecule has 0 N–H and O–H groups in total. The number of ether oxygens (including phenoxy) is 2. The van der Waals surface area contributed by atoms with E-state index in [0.29, 0.717) is 24.2 Å². The molecule has 2 aliphatic rings. The van der Waals surface area contributed by atoms with Gasteiger partial charge < -0.3 is 14.4 Å². The fourth-order valence-electron chi connectivity index (χ4n) is 4.91. The minimum Gasteiger partial charge on any atom is -0.465 e. The first-order valence-electron chi connectivity index (χ1n) is 11.2. The van der Waals surface area contributed by atoms with E-state index in [0.717, 1.165) is 12.1 Å². The van der Waals surface area contributed by atoms with E-state index in [1.165, 1.54) is 34.5 Å². The van der Waals surface area contributed by atoms with Gasteiger partial charge in [0.05, 0.1) is 23.0 Å². The van der Waals surface area contributed by atoms with Crippen LogP contribution in [0.5, 0.6) is 5.75 Å². The molecule has 1 amide bonds. The molecule has 0 atom stereocenters. The van der Waals surface area contributed by atoms with Crippen LogP contribution >= 0.6 is 0 Å². The summed E-state index contributed by atoms with van der Waals surface area (Å²) in [6.07, 6.45) is -3.73. The molecule has 1 spiro atoms. The van der Waals surface area contributed by atoms with Gasteiger partial charge in [-0.3, -0.25) is 4.79 Å². The van der Waals surface area contributed by atoms with Crippen molar-refractivity contribution in [1.29, 1.82) is 0 Å². The Balaban J connectivity index is 1.49. The maximum absolute atomic E-state index is 13.5. The Labute approximate surface area is 206 Å². The predicted octanol–water partition coefficient (Wildman–Crippen LogP) is 3.89. The smallest absolute Gasteiger partial charge is 0.465 e. The lowest BCUT2D eigenvalue weighted by Gasteiger charge is -2.37. The van der Waals surface area contributed by atoms with Crippen LogP contribution in [0.3, 0.4) is 0 Å². The number of piperidine rings is 1. The molecule has 12 heteroatoms. The molecule has 0 aromatic heterocycles. The van der Waals surface area contributed by atoms with Gasteiger partial charge in [0.1, 0.15) is 5.75 Å². The van der Waals surface area contributed by atoms with Crippen molar-refractivity contribution in [2.75, 3.05) is 31.6 Å². The largest absolute Gasteiger partial charge is 0.573 e. The quantitative estimate of drug-likeness (QED) is 0.549. The summed E-state index contributed by atoms with van der Waals surface area (Å²) in [7, 11) is -2.85. The van der Waals surface area contributed by atoms with E-state index >= 15 is 0 Å². The average Bonchev–Trinajstić information content (AvgIpc) is 3.13. The Hall–Kier alpha value is -3.12. The highest BCUT2D eigenvalue weighted by atomic mass is 32.2. The van der Waals surface area contributed by atoms with Crippen molar-refractivity contribution in [1.82, 2.24) is 4.31 Å². The number of rotatable bonds is 5. The van der Waals surface area contributed by atoms with Crippen LogP contribution < -0.4 is 9.64 Å². The average molecular weight is 527 g/mol. The topological polar surface area (TPSA) is 93.2 Å². The van der Waals surface area contributed by atoms with Gasteiger partial charge in [0.15, 0.2) is 0 Å². The van der Waals surface area contributed by atoms with Crippen LogP contribution in [0.1, 0.15) is 35.2 Å². The number of hydrogen-bond acceptors (Lipinski definition) is 6. The molecule has 0 aliphatic carbocycles. The molecule has 0 bridgehead atoms. The van der Waals surface area contributed by atoms with E-state index in [2.05, 4.69) is 4.74 Å². The zero-order chi connectivity index (χ0) is 26.3. The number of aryl methyl sites for hydroxylation is 1. The van der Waals surface area contributed by atoms with Gasteiger partial charge in [-0.15, -0.1) is 13.2 Å². The van der Waals surface area contributed by atoms with Gasteiger partial charge in [-0.05, 0) is 62.1 Å². The first-order valence-corrected chi connectivity index (χ1v) is 12.7. The third-order valence-electron chi connectivity index (χ3n) is 6.79. The first kappa shape index (κ1) is 26.0. The molecule has 4 rings (SSSR count). The molecule has 0 radical (unpaired) electrons. The molecular formula is C24H25F3N2O6S. The minimum atomic E-state index is -4.81. The van der Waals surface area contributed by atoms with Gasteiger partial charge in [-0.2, -0.15) is 4.31 Å². The molecule has 194 valence electrons. The number of nitrogens with zero attached hydrogens (tertiary/aromatic N) is 2. The first-order chi connectivity index (χ1) is 16.9. The Kier molecular flexibility index (Phi) is 6.78. The number of methoxy groups -OCH3 is 1. The molecule has 2 saturated heterocycles. The Morgan fingerprint density at radius 2 is 1.61 bits per heavy atom. The summed E-state index contributed by atoms with van der Waals surface area (Å²) in [5.74, 6) is -1.32. The number of carbonyl (C=O) groups is 2. The number of esters is 1. The number of alkyl halides is 3. The van der Waals surface area contributed by atoms with Crippen molar-refractivity contribution >= 4 is 27.6 Å². The Morgan fingerprint density at radius 3 is 2.19 bits per heavy atom. The van der Waals surface area contributed by atoms with E-state index in [-0.39, 0.29) is 48.0 Å². The molecule has 2 aliphatic heterocycles. The molecular weight excluding hydrogens is 501 g/mol. The standard InChI is InChI=1S/C24H25F3N2O6S/c1-16-4-3-5-19(21(30)34-2)20(16)36(32,33)28-13-10-23(11-14-28)12-15-29(22(23)31)17-6-8-18(9-7-17)35-24(25,26)27/h3-9H,10-15H2,1-2H3. The van der Waals surface area contributed by atoms with Gasteiger partial charge >= 0.3 is 12.3 Å². The summed E-state index contributed by atoms with van der Waals surface area (Å²) < 4.78 is 74.1. The Bertz CT molecular complexity index is 1270. The lowest BCUT2D eigenvalue weighted by Crippen LogP contribution is -2.47.